The number of carbonyl (C=O) groups is 4. The molecular formula is C24H17NO8. The minimum atomic E-state index is -1.29. The van der Waals surface area contributed by atoms with Crippen LogP contribution in [-0.2, 0) is 17.8 Å². The summed E-state index contributed by atoms with van der Waals surface area (Å²) in [7, 11) is 0. The van der Waals surface area contributed by atoms with Crippen LogP contribution in [0, 0.1) is 0 Å². The maximum atomic E-state index is 12.9. The Morgan fingerprint density at radius 1 is 0.818 bits per heavy atom. The van der Waals surface area contributed by atoms with E-state index in [9.17, 15) is 34.5 Å². The highest BCUT2D eigenvalue weighted by Gasteiger charge is 2.34. The maximum absolute atomic E-state index is 12.9. The first-order valence-electron chi connectivity index (χ1n) is 9.77. The highest BCUT2D eigenvalue weighted by molar-refractivity contribution is 6.30. The van der Waals surface area contributed by atoms with Crippen molar-refractivity contribution in [2.24, 2.45) is 0 Å². The number of aromatic carboxylic acids is 1. The standard InChI is InChI=1S/C24H17NO8/c26-18(27)8-12-6-5-11(7-15(12)24(32)33)10-25-17-9-16-19(23(31)22(17)30)21(29)14-4-2-1-3-13(14)20(16)28/h1-7,9,25,30-31H,8,10H2,(H,26,27)(H,32,33). The van der Waals surface area contributed by atoms with Gasteiger partial charge in [-0.05, 0) is 23.3 Å². The molecular weight excluding hydrogens is 430 g/mol. The van der Waals surface area contributed by atoms with Gasteiger partial charge < -0.3 is 25.7 Å². The summed E-state index contributed by atoms with van der Waals surface area (Å²) in [6.45, 7) is -0.0157. The minimum absolute atomic E-state index is 0.0157. The lowest BCUT2D eigenvalue weighted by Gasteiger charge is -2.21. The van der Waals surface area contributed by atoms with Crippen LogP contribution in [0.15, 0.2) is 48.5 Å². The van der Waals surface area contributed by atoms with Gasteiger partial charge >= 0.3 is 11.9 Å². The molecule has 0 unspecified atom stereocenters. The zero-order valence-electron chi connectivity index (χ0n) is 17.0. The molecule has 1 aliphatic carbocycles. The Morgan fingerprint density at radius 3 is 2.12 bits per heavy atom. The Kier molecular flexibility index (Phi) is 5.31. The molecule has 0 spiro atoms. The number of anilines is 1. The molecule has 0 fully saturated rings. The van der Waals surface area contributed by atoms with Crippen molar-refractivity contribution in [1.82, 2.24) is 0 Å². The van der Waals surface area contributed by atoms with Gasteiger partial charge in [0.15, 0.2) is 23.1 Å². The van der Waals surface area contributed by atoms with Crippen LogP contribution in [0.2, 0.25) is 0 Å². The van der Waals surface area contributed by atoms with Gasteiger partial charge in [-0.25, -0.2) is 4.79 Å². The summed E-state index contributed by atoms with van der Waals surface area (Å²) in [5.74, 6) is -4.88. The van der Waals surface area contributed by atoms with E-state index >= 15 is 0 Å². The monoisotopic (exact) mass is 447 g/mol. The number of ketones is 2. The van der Waals surface area contributed by atoms with E-state index in [1.165, 1.54) is 36.4 Å². The van der Waals surface area contributed by atoms with E-state index in [2.05, 4.69) is 5.32 Å². The van der Waals surface area contributed by atoms with E-state index in [0.29, 0.717) is 5.56 Å². The number of carboxylic acids is 2. The molecule has 9 nitrogen and oxygen atoms in total. The molecule has 0 aliphatic heterocycles. The number of hydrogen-bond donors (Lipinski definition) is 5. The van der Waals surface area contributed by atoms with Crippen molar-refractivity contribution < 1.29 is 39.6 Å². The predicted octanol–water partition coefficient (Wildman–Crippen LogP) is 2.81. The quantitative estimate of drug-likeness (QED) is 0.280. The summed E-state index contributed by atoms with van der Waals surface area (Å²) in [5.41, 5.74) is 0.346. The van der Waals surface area contributed by atoms with E-state index in [1.807, 2.05) is 0 Å². The van der Waals surface area contributed by atoms with Crippen LogP contribution < -0.4 is 5.32 Å². The number of carboxylic acid groups (broad SMARTS) is 2. The summed E-state index contributed by atoms with van der Waals surface area (Å²) >= 11 is 0. The van der Waals surface area contributed by atoms with Crippen molar-refractivity contribution in [3.63, 3.8) is 0 Å². The third-order valence-electron chi connectivity index (χ3n) is 5.39. The maximum Gasteiger partial charge on any atom is 0.335 e. The summed E-state index contributed by atoms with van der Waals surface area (Å²) in [4.78, 5) is 48.1. The molecule has 3 aromatic carbocycles. The number of fused-ring (bicyclic) bond motifs is 2. The molecule has 0 saturated heterocycles. The zero-order valence-corrected chi connectivity index (χ0v) is 17.0. The van der Waals surface area contributed by atoms with E-state index < -0.39 is 41.4 Å². The average Bonchev–Trinajstić information content (AvgIpc) is 2.78. The summed E-state index contributed by atoms with van der Waals surface area (Å²) in [6.07, 6.45) is -0.452. The molecule has 166 valence electrons. The van der Waals surface area contributed by atoms with Gasteiger partial charge in [0.1, 0.15) is 0 Å². The fraction of sp³-hybridized carbons (Fsp3) is 0.0833. The number of rotatable bonds is 6. The summed E-state index contributed by atoms with van der Waals surface area (Å²) in [6, 6.07) is 11.6. The van der Waals surface area contributed by atoms with Crippen molar-refractivity contribution >= 4 is 29.2 Å². The molecule has 3 aromatic rings. The van der Waals surface area contributed by atoms with Crippen LogP contribution in [0.1, 0.15) is 53.3 Å². The van der Waals surface area contributed by atoms with Crippen molar-refractivity contribution in [1.29, 1.82) is 0 Å². The Bertz CT molecular complexity index is 1360. The first-order valence-corrected chi connectivity index (χ1v) is 9.77. The van der Waals surface area contributed by atoms with Crippen LogP contribution in [0.5, 0.6) is 11.5 Å². The van der Waals surface area contributed by atoms with Crippen molar-refractivity contribution in [2.45, 2.75) is 13.0 Å². The molecule has 1 aliphatic rings. The molecule has 0 atom stereocenters. The molecule has 0 saturated carbocycles. The van der Waals surface area contributed by atoms with E-state index in [0.717, 1.165) is 0 Å². The van der Waals surface area contributed by atoms with Crippen molar-refractivity contribution in [3.8, 4) is 11.5 Å². The average molecular weight is 447 g/mol. The van der Waals surface area contributed by atoms with Gasteiger partial charge in [0, 0.05) is 23.2 Å². The first kappa shape index (κ1) is 21.6. The molecule has 0 amide bonds. The largest absolute Gasteiger partial charge is 0.504 e. The number of aromatic hydroxyl groups is 2. The predicted molar refractivity (Wildman–Crippen MR) is 115 cm³/mol. The molecule has 0 bridgehead atoms. The fourth-order valence-corrected chi connectivity index (χ4v) is 3.81. The van der Waals surface area contributed by atoms with Gasteiger partial charge in [-0.1, -0.05) is 36.4 Å². The van der Waals surface area contributed by atoms with Gasteiger partial charge in [0.2, 0.25) is 0 Å². The minimum Gasteiger partial charge on any atom is -0.504 e. The van der Waals surface area contributed by atoms with Gasteiger partial charge in [-0.15, -0.1) is 0 Å². The Labute approximate surface area is 186 Å². The Hall–Kier alpha value is -4.66. The molecule has 4 rings (SSSR count). The third-order valence-corrected chi connectivity index (χ3v) is 5.39. The first-order chi connectivity index (χ1) is 15.7. The second-order valence-electron chi connectivity index (χ2n) is 7.47. The second kappa shape index (κ2) is 8.12. The number of phenols is 2. The molecule has 9 heteroatoms. The number of benzene rings is 3. The van der Waals surface area contributed by atoms with E-state index in [4.69, 9.17) is 5.11 Å². The van der Waals surface area contributed by atoms with Crippen LogP contribution in [0.3, 0.4) is 0 Å². The fourth-order valence-electron chi connectivity index (χ4n) is 3.81. The summed E-state index contributed by atoms with van der Waals surface area (Å²) < 4.78 is 0. The van der Waals surface area contributed by atoms with Crippen molar-refractivity contribution in [2.75, 3.05) is 5.32 Å². The molecule has 33 heavy (non-hydrogen) atoms. The van der Waals surface area contributed by atoms with E-state index in [1.54, 1.807) is 12.1 Å². The van der Waals surface area contributed by atoms with Crippen LogP contribution in [0.4, 0.5) is 5.69 Å². The van der Waals surface area contributed by atoms with Gasteiger partial charge in [-0.2, -0.15) is 0 Å². The van der Waals surface area contributed by atoms with Gasteiger partial charge in [-0.3, -0.25) is 14.4 Å². The Morgan fingerprint density at radius 2 is 1.48 bits per heavy atom. The lowest BCUT2D eigenvalue weighted by atomic mass is 9.83. The normalized spacial score (nSPS) is 12.1. The zero-order chi connectivity index (χ0) is 23.9. The molecule has 0 heterocycles. The summed E-state index contributed by atoms with van der Waals surface area (Å²) in [5, 5.41) is 42.1. The number of carbonyl (C=O) groups excluding carboxylic acids is 2. The molecule has 0 aromatic heterocycles. The number of aliphatic carboxylic acids is 1. The van der Waals surface area contributed by atoms with E-state index in [-0.39, 0.29) is 45.6 Å². The lowest BCUT2D eigenvalue weighted by Crippen LogP contribution is -2.21. The second-order valence-corrected chi connectivity index (χ2v) is 7.47. The van der Waals surface area contributed by atoms with Crippen LogP contribution in [0.25, 0.3) is 0 Å². The highest BCUT2D eigenvalue weighted by Crippen LogP contribution is 2.43. The van der Waals surface area contributed by atoms with Crippen molar-refractivity contribution in [3.05, 3.63) is 87.5 Å². The highest BCUT2D eigenvalue weighted by atomic mass is 16.4. The topological polar surface area (TPSA) is 161 Å². The smallest absolute Gasteiger partial charge is 0.335 e. The SMILES string of the molecule is O=C(O)Cc1ccc(CNc2cc3c(c(O)c2O)C(=O)c2ccccc2C3=O)cc1C(=O)O. The Balaban J connectivity index is 1.67. The van der Waals surface area contributed by atoms with Gasteiger partial charge in [0.05, 0.1) is 23.2 Å². The number of hydrogen-bond acceptors (Lipinski definition) is 7. The van der Waals surface area contributed by atoms with Crippen LogP contribution >= 0.6 is 0 Å². The third kappa shape index (κ3) is 3.76. The lowest BCUT2D eigenvalue weighted by molar-refractivity contribution is -0.136. The van der Waals surface area contributed by atoms with Gasteiger partial charge in [0.25, 0.3) is 0 Å². The number of phenolic OH excluding ortho intramolecular Hbond substituents is 2. The van der Waals surface area contributed by atoms with Crippen LogP contribution in [-0.4, -0.2) is 43.9 Å². The molecule has 0 radical (unpaired) electrons. The number of nitrogens with one attached hydrogen (secondary N) is 1. The molecule has 5 N–H and O–H groups in total.